The van der Waals surface area contributed by atoms with Crippen molar-refractivity contribution in [3.05, 3.63) is 65.0 Å². The lowest BCUT2D eigenvalue weighted by molar-refractivity contribution is -0.138. The van der Waals surface area contributed by atoms with Crippen LogP contribution < -0.4 is 20.3 Å². The minimum absolute atomic E-state index is 0.00493. The van der Waals surface area contributed by atoms with Gasteiger partial charge < -0.3 is 30.1 Å². The number of ether oxygens (including phenoxy) is 1. The van der Waals surface area contributed by atoms with Crippen molar-refractivity contribution < 1.29 is 27.5 Å². The van der Waals surface area contributed by atoms with Gasteiger partial charge >= 0.3 is 12.2 Å². The van der Waals surface area contributed by atoms with Crippen LogP contribution in [0.25, 0.3) is 0 Å². The number of anilines is 4. The molecule has 3 heterocycles. The van der Waals surface area contributed by atoms with E-state index in [1.54, 1.807) is 55.9 Å². The fourth-order valence-corrected chi connectivity index (χ4v) is 5.74. The van der Waals surface area contributed by atoms with E-state index in [9.17, 15) is 22.8 Å². The van der Waals surface area contributed by atoms with Gasteiger partial charge in [0.15, 0.2) is 0 Å². The van der Waals surface area contributed by atoms with Gasteiger partial charge in [0.25, 0.3) is 0 Å². The number of nitrogens with one attached hydrogen (secondary N) is 2. The number of aromatic nitrogens is 2. The number of halogens is 3. The highest BCUT2D eigenvalue weighted by atomic mass is 19.4. The molecule has 10 nitrogen and oxygen atoms in total. The van der Waals surface area contributed by atoms with Crippen LogP contribution in [-0.4, -0.2) is 79.1 Å². The van der Waals surface area contributed by atoms with Gasteiger partial charge in [-0.05, 0) is 56.0 Å². The van der Waals surface area contributed by atoms with Crippen LogP contribution in [0.4, 0.5) is 41.0 Å². The van der Waals surface area contributed by atoms with Crippen molar-refractivity contribution in [3.8, 4) is 5.75 Å². The molecule has 0 spiro atoms. The van der Waals surface area contributed by atoms with Gasteiger partial charge in [-0.25, -0.2) is 14.8 Å². The number of carbonyl (C=O) groups excluding carboxylic acids is 2. The third kappa shape index (κ3) is 6.08. The molecule has 13 heteroatoms. The summed E-state index contributed by atoms with van der Waals surface area (Å²) in [5.41, 5.74) is 1.80. The summed E-state index contributed by atoms with van der Waals surface area (Å²) in [6, 6.07) is 10.9. The molecule has 0 bridgehead atoms. The lowest BCUT2D eigenvalue weighted by Gasteiger charge is -2.37. The molecule has 44 heavy (non-hydrogen) atoms. The van der Waals surface area contributed by atoms with Gasteiger partial charge in [-0.2, -0.15) is 13.2 Å². The molecule has 2 aromatic carbocycles. The molecule has 2 aliphatic rings. The number of fused-ring (bicyclic) bond motifs is 1. The van der Waals surface area contributed by atoms with E-state index in [1.165, 1.54) is 7.11 Å². The summed E-state index contributed by atoms with van der Waals surface area (Å²) >= 11 is 0. The van der Waals surface area contributed by atoms with Gasteiger partial charge in [0, 0.05) is 63.9 Å². The van der Waals surface area contributed by atoms with E-state index in [0.717, 1.165) is 23.0 Å². The number of hydrogen-bond acceptors (Lipinski definition) is 7. The third-order valence-corrected chi connectivity index (χ3v) is 8.13. The molecule has 2 N–H and O–H groups in total. The van der Waals surface area contributed by atoms with E-state index in [-0.39, 0.29) is 36.4 Å². The first-order valence-electron chi connectivity index (χ1n) is 14.3. The predicted octanol–water partition coefficient (Wildman–Crippen LogP) is 5.07. The van der Waals surface area contributed by atoms with E-state index in [4.69, 9.17) is 4.74 Å². The number of alkyl halides is 3. The van der Waals surface area contributed by atoms with Gasteiger partial charge in [0.2, 0.25) is 11.9 Å². The molecule has 0 aliphatic carbocycles. The zero-order valence-corrected chi connectivity index (χ0v) is 25.4. The van der Waals surface area contributed by atoms with Crippen molar-refractivity contribution in [1.29, 1.82) is 0 Å². The molecular formula is C31H36F3N7O3. The van der Waals surface area contributed by atoms with E-state index >= 15 is 0 Å². The summed E-state index contributed by atoms with van der Waals surface area (Å²) in [6.45, 7) is 6.06. The number of amides is 3. The van der Waals surface area contributed by atoms with E-state index in [2.05, 4.69) is 25.5 Å². The minimum atomic E-state index is -4.64. The van der Waals surface area contributed by atoms with E-state index in [0.29, 0.717) is 43.3 Å². The van der Waals surface area contributed by atoms with Crippen LogP contribution in [0.15, 0.2) is 42.6 Å². The Morgan fingerprint density at radius 3 is 2.50 bits per heavy atom. The summed E-state index contributed by atoms with van der Waals surface area (Å²) in [5.74, 6) is 0.329. The maximum absolute atomic E-state index is 14.0. The second-order valence-corrected chi connectivity index (χ2v) is 11.6. The number of rotatable bonds is 7. The van der Waals surface area contributed by atoms with Gasteiger partial charge in [0.1, 0.15) is 5.75 Å². The Morgan fingerprint density at radius 1 is 1.11 bits per heavy atom. The first kappa shape index (κ1) is 30.9. The summed E-state index contributed by atoms with van der Waals surface area (Å²) in [7, 11) is 4.96. The average Bonchev–Trinajstić information content (AvgIpc) is 3.23. The zero-order valence-electron chi connectivity index (χ0n) is 25.4. The molecule has 3 aromatic rings. The largest absolute Gasteiger partial charge is 0.494 e. The molecule has 0 atom stereocenters. The Hall–Kier alpha value is -4.55. The smallest absolute Gasteiger partial charge is 0.419 e. The number of carbonyl (C=O) groups is 2. The van der Waals surface area contributed by atoms with Crippen molar-refractivity contribution >= 4 is 34.9 Å². The Kier molecular flexibility index (Phi) is 8.32. The number of piperazine rings is 1. The summed E-state index contributed by atoms with van der Waals surface area (Å²) < 4.78 is 47.5. The summed E-state index contributed by atoms with van der Waals surface area (Å²) in [6.07, 6.45) is -3.59. The Morgan fingerprint density at radius 2 is 1.84 bits per heavy atom. The van der Waals surface area contributed by atoms with Crippen molar-refractivity contribution in [2.75, 3.05) is 62.9 Å². The van der Waals surface area contributed by atoms with E-state index < -0.39 is 17.2 Å². The fraction of sp³-hybridized carbons (Fsp3) is 0.419. The minimum Gasteiger partial charge on any atom is -0.494 e. The van der Waals surface area contributed by atoms with Crippen molar-refractivity contribution in [2.24, 2.45) is 0 Å². The number of methoxy groups -OCH3 is 1. The molecule has 5 rings (SSSR count). The fourth-order valence-electron chi connectivity index (χ4n) is 5.74. The van der Waals surface area contributed by atoms with Crippen LogP contribution in [0.1, 0.15) is 36.2 Å². The third-order valence-electron chi connectivity index (χ3n) is 8.13. The van der Waals surface area contributed by atoms with Gasteiger partial charge in [-0.3, -0.25) is 4.79 Å². The summed E-state index contributed by atoms with van der Waals surface area (Å²) in [4.78, 5) is 38.5. The lowest BCUT2D eigenvalue weighted by Crippen LogP contribution is -2.51. The lowest BCUT2D eigenvalue weighted by atomic mass is 9.82. The zero-order chi connectivity index (χ0) is 31.8. The van der Waals surface area contributed by atoms with Crippen molar-refractivity contribution in [2.45, 2.75) is 38.3 Å². The van der Waals surface area contributed by atoms with Crippen molar-refractivity contribution in [3.63, 3.8) is 0 Å². The maximum atomic E-state index is 14.0. The number of urea groups is 1. The Bertz CT molecular complexity index is 1570. The molecule has 3 amide bonds. The van der Waals surface area contributed by atoms with Crippen LogP contribution in [0, 0.1) is 0 Å². The molecule has 1 fully saturated rings. The Balaban J connectivity index is 1.35. The molecule has 234 valence electrons. The van der Waals surface area contributed by atoms with Crippen LogP contribution in [0.5, 0.6) is 5.75 Å². The highest BCUT2D eigenvalue weighted by Crippen LogP contribution is 2.40. The monoisotopic (exact) mass is 611 g/mol. The number of aryl methyl sites for hydroxylation is 2. The summed E-state index contributed by atoms with van der Waals surface area (Å²) in [5, 5.41) is 5.88. The highest BCUT2D eigenvalue weighted by Gasteiger charge is 2.40. The average molecular weight is 612 g/mol. The maximum Gasteiger partial charge on any atom is 0.419 e. The standard InChI is InChI=1S/C31H36F3N7O3/c1-30(2)26-19(7-6-8-24(26)36-27(30)42)9-11-22-21(31(32,33)34)18-35-28(37-22)38-23-12-10-20(17-25(23)44-5)40-13-15-41(16-14-40)29(43)39(3)4/h6-8,10,12,17-18H,9,11,13-16H2,1-5H3,(H,36,42)(H,35,37,38). The van der Waals surface area contributed by atoms with Crippen LogP contribution in [0.2, 0.25) is 0 Å². The predicted molar refractivity (Wildman–Crippen MR) is 162 cm³/mol. The number of nitrogens with zero attached hydrogens (tertiary/aromatic N) is 5. The normalized spacial score (nSPS) is 16.0. The molecule has 0 saturated carbocycles. The molecule has 1 saturated heterocycles. The van der Waals surface area contributed by atoms with Crippen LogP contribution in [-0.2, 0) is 29.2 Å². The first-order valence-corrected chi connectivity index (χ1v) is 14.3. The second kappa shape index (κ2) is 11.9. The molecule has 0 radical (unpaired) electrons. The second-order valence-electron chi connectivity index (χ2n) is 11.6. The molecule has 2 aliphatic heterocycles. The van der Waals surface area contributed by atoms with E-state index in [1.807, 2.05) is 18.2 Å². The number of benzene rings is 2. The van der Waals surface area contributed by atoms with Gasteiger partial charge in [-0.15, -0.1) is 0 Å². The van der Waals surface area contributed by atoms with Gasteiger partial charge in [-0.1, -0.05) is 12.1 Å². The topological polar surface area (TPSA) is 103 Å². The molecular weight excluding hydrogens is 575 g/mol. The molecule has 1 aromatic heterocycles. The SMILES string of the molecule is COc1cc(N2CCN(C(=O)N(C)C)CC2)ccc1Nc1ncc(C(F)(F)F)c(CCc2cccc3c2C(C)(C)C(=O)N3)n1. The van der Waals surface area contributed by atoms with Gasteiger partial charge in [0.05, 0.1) is 29.5 Å². The molecule has 0 unspecified atom stereocenters. The number of hydrogen-bond donors (Lipinski definition) is 2. The quantitative estimate of drug-likeness (QED) is 0.385. The van der Waals surface area contributed by atoms with Crippen molar-refractivity contribution in [1.82, 2.24) is 19.8 Å². The highest BCUT2D eigenvalue weighted by molar-refractivity contribution is 6.06. The first-order chi connectivity index (χ1) is 20.8. The van der Waals surface area contributed by atoms with Crippen LogP contribution >= 0.6 is 0 Å². The van der Waals surface area contributed by atoms with Crippen LogP contribution in [0.3, 0.4) is 0 Å². The Labute approximate surface area is 254 Å².